The van der Waals surface area contributed by atoms with Gasteiger partial charge in [0.15, 0.2) is 5.82 Å². The summed E-state index contributed by atoms with van der Waals surface area (Å²) in [5.41, 5.74) is 5.65. The molecule has 2 heterocycles. The maximum atomic E-state index is 9.54. The fourth-order valence-corrected chi connectivity index (χ4v) is 2.40. The number of anilines is 2. The van der Waals surface area contributed by atoms with Crippen LogP contribution in [-0.2, 0) is 0 Å². The molecule has 94 valence electrons. The lowest BCUT2D eigenvalue weighted by molar-refractivity contribution is 0.110. The van der Waals surface area contributed by atoms with Crippen LogP contribution in [0.2, 0.25) is 5.02 Å². The standard InChI is InChI=1S/C11H17ClN4O/c1-7(17)8-2-4-16(5-3-8)11-9(12)10(13)14-6-15-11/h6-8,17H,2-5H2,1H3,(H2,13,14,15). The summed E-state index contributed by atoms with van der Waals surface area (Å²) < 4.78 is 0. The molecule has 1 fully saturated rings. The van der Waals surface area contributed by atoms with Gasteiger partial charge in [-0.1, -0.05) is 11.6 Å². The maximum Gasteiger partial charge on any atom is 0.153 e. The number of halogens is 1. The van der Waals surface area contributed by atoms with Crippen molar-refractivity contribution in [3.63, 3.8) is 0 Å². The highest BCUT2D eigenvalue weighted by atomic mass is 35.5. The Morgan fingerprint density at radius 1 is 1.47 bits per heavy atom. The second kappa shape index (κ2) is 5.06. The Labute approximate surface area is 106 Å². The Morgan fingerprint density at radius 2 is 2.12 bits per heavy atom. The van der Waals surface area contributed by atoms with E-state index in [1.54, 1.807) is 0 Å². The Kier molecular flexibility index (Phi) is 3.69. The van der Waals surface area contributed by atoms with E-state index in [-0.39, 0.29) is 6.10 Å². The zero-order valence-corrected chi connectivity index (χ0v) is 10.6. The van der Waals surface area contributed by atoms with Gasteiger partial charge < -0.3 is 15.7 Å². The summed E-state index contributed by atoms with van der Waals surface area (Å²) in [5, 5.41) is 9.96. The molecule has 6 heteroatoms. The lowest BCUT2D eigenvalue weighted by Crippen LogP contribution is -2.37. The van der Waals surface area contributed by atoms with Crippen LogP contribution in [0.4, 0.5) is 11.6 Å². The molecule has 0 aliphatic carbocycles. The first-order valence-corrected chi connectivity index (χ1v) is 6.16. The summed E-state index contributed by atoms with van der Waals surface area (Å²) in [5.74, 6) is 1.38. The van der Waals surface area contributed by atoms with E-state index < -0.39 is 0 Å². The predicted molar refractivity (Wildman–Crippen MR) is 68.1 cm³/mol. The zero-order valence-electron chi connectivity index (χ0n) is 9.80. The van der Waals surface area contributed by atoms with Crippen molar-refractivity contribution in [2.24, 2.45) is 5.92 Å². The van der Waals surface area contributed by atoms with Gasteiger partial charge in [0.1, 0.15) is 17.2 Å². The molecule has 5 nitrogen and oxygen atoms in total. The number of nitrogen functional groups attached to an aromatic ring is 1. The minimum absolute atomic E-state index is 0.247. The molecule has 1 aliphatic rings. The van der Waals surface area contributed by atoms with Gasteiger partial charge in [-0.2, -0.15) is 0 Å². The second-order valence-electron chi connectivity index (χ2n) is 4.46. The minimum Gasteiger partial charge on any atom is -0.393 e. The highest BCUT2D eigenvalue weighted by Gasteiger charge is 2.24. The van der Waals surface area contributed by atoms with E-state index in [9.17, 15) is 5.11 Å². The smallest absolute Gasteiger partial charge is 0.153 e. The third kappa shape index (κ3) is 2.61. The topological polar surface area (TPSA) is 75.3 Å². The number of hydrogen-bond donors (Lipinski definition) is 2. The van der Waals surface area contributed by atoms with Crippen molar-refractivity contribution >= 4 is 23.2 Å². The molecule has 17 heavy (non-hydrogen) atoms. The third-order valence-corrected chi connectivity index (χ3v) is 3.68. The molecule has 0 bridgehead atoms. The van der Waals surface area contributed by atoms with Crippen LogP contribution in [0.15, 0.2) is 6.33 Å². The van der Waals surface area contributed by atoms with Gasteiger partial charge in [-0.15, -0.1) is 0 Å². The van der Waals surface area contributed by atoms with E-state index in [0.717, 1.165) is 25.9 Å². The summed E-state index contributed by atoms with van der Waals surface area (Å²) in [6, 6.07) is 0. The molecule has 3 N–H and O–H groups in total. The van der Waals surface area contributed by atoms with Crippen molar-refractivity contribution in [1.82, 2.24) is 9.97 Å². The molecule has 1 atom stereocenters. The van der Waals surface area contributed by atoms with Crippen LogP contribution in [0, 0.1) is 5.92 Å². The Morgan fingerprint density at radius 3 is 2.71 bits per heavy atom. The summed E-state index contributed by atoms with van der Waals surface area (Å²) in [6.45, 7) is 3.52. The first-order valence-electron chi connectivity index (χ1n) is 5.78. The number of nitrogens with zero attached hydrogens (tertiary/aromatic N) is 3. The van der Waals surface area contributed by atoms with Crippen LogP contribution >= 0.6 is 11.6 Å². The van der Waals surface area contributed by atoms with Crippen molar-refractivity contribution in [3.05, 3.63) is 11.3 Å². The van der Waals surface area contributed by atoms with Crippen LogP contribution in [0.5, 0.6) is 0 Å². The van der Waals surface area contributed by atoms with Crippen molar-refractivity contribution in [3.8, 4) is 0 Å². The zero-order chi connectivity index (χ0) is 12.4. The molecule has 0 radical (unpaired) electrons. The van der Waals surface area contributed by atoms with E-state index in [0.29, 0.717) is 22.6 Å². The number of aliphatic hydroxyl groups excluding tert-OH is 1. The van der Waals surface area contributed by atoms with Crippen LogP contribution in [-0.4, -0.2) is 34.3 Å². The largest absolute Gasteiger partial charge is 0.393 e. The van der Waals surface area contributed by atoms with Gasteiger partial charge in [0.2, 0.25) is 0 Å². The second-order valence-corrected chi connectivity index (χ2v) is 4.84. The highest BCUT2D eigenvalue weighted by Crippen LogP contribution is 2.30. The molecule has 0 spiro atoms. The number of rotatable bonds is 2. The van der Waals surface area contributed by atoms with E-state index in [1.165, 1.54) is 6.33 Å². The lowest BCUT2D eigenvalue weighted by atomic mass is 9.92. The van der Waals surface area contributed by atoms with E-state index in [1.807, 2.05) is 6.92 Å². The quantitative estimate of drug-likeness (QED) is 0.835. The van der Waals surface area contributed by atoms with Crippen molar-refractivity contribution in [2.45, 2.75) is 25.9 Å². The first-order chi connectivity index (χ1) is 8.09. The van der Waals surface area contributed by atoms with Gasteiger partial charge in [-0.3, -0.25) is 0 Å². The van der Waals surface area contributed by atoms with Gasteiger partial charge in [0.25, 0.3) is 0 Å². The van der Waals surface area contributed by atoms with E-state index in [2.05, 4.69) is 14.9 Å². The van der Waals surface area contributed by atoms with Crippen molar-refractivity contribution in [2.75, 3.05) is 23.7 Å². The molecule has 2 rings (SSSR count). The Balaban J connectivity index is 2.08. The molecular formula is C11H17ClN4O. The number of nitrogens with two attached hydrogens (primary N) is 1. The average molecular weight is 257 g/mol. The van der Waals surface area contributed by atoms with E-state index >= 15 is 0 Å². The molecule has 1 saturated heterocycles. The van der Waals surface area contributed by atoms with Crippen LogP contribution in [0.1, 0.15) is 19.8 Å². The fourth-order valence-electron chi connectivity index (χ4n) is 2.19. The summed E-state index contributed by atoms with van der Waals surface area (Å²) >= 11 is 6.08. The van der Waals surface area contributed by atoms with Gasteiger partial charge in [-0.25, -0.2) is 9.97 Å². The Hall–Kier alpha value is -1.07. The van der Waals surface area contributed by atoms with Crippen molar-refractivity contribution in [1.29, 1.82) is 0 Å². The maximum absolute atomic E-state index is 9.54. The monoisotopic (exact) mass is 256 g/mol. The number of aromatic nitrogens is 2. The molecule has 0 saturated carbocycles. The molecule has 1 aromatic rings. The molecular weight excluding hydrogens is 240 g/mol. The van der Waals surface area contributed by atoms with E-state index in [4.69, 9.17) is 17.3 Å². The summed E-state index contributed by atoms with van der Waals surface area (Å²) in [7, 11) is 0. The number of piperidine rings is 1. The lowest BCUT2D eigenvalue weighted by Gasteiger charge is -2.34. The van der Waals surface area contributed by atoms with Gasteiger partial charge in [-0.05, 0) is 25.7 Å². The number of aliphatic hydroxyl groups is 1. The molecule has 1 aliphatic heterocycles. The minimum atomic E-state index is -0.247. The highest BCUT2D eigenvalue weighted by molar-refractivity contribution is 6.35. The van der Waals surface area contributed by atoms with Gasteiger partial charge in [0.05, 0.1) is 6.10 Å². The first kappa shape index (κ1) is 12.4. The SMILES string of the molecule is CC(O)C1CCN(c2ncnc(N)c2Cl)CC1. The molecule has 0 aromatic carbocycles. The van der Waals surface area contributed by atoms with Crippen LogP contribution in [0.25, 0.3) is 0 Å². The molecule has 0 amide bonds. The number of hydrogen-bond acceptors (Lipinski definition) is 5. The molecule has 1 aromatic heterocycles. The fraction of sp³-hybridized carbons (Fsp3) is 0.636. The van der Waals surface area contributed by atoms with Gasteiger partial charge in [0, 0.05) is 13.1 Å². The summed E-state index contributed by atoms with van der Waals surface area (Å²) in [6.07, 6.45) is 3.07. The van der Waals surface area contributed by atoms with Crippen LogP contribution in [0.3, 0.4) is 0 Å². The summed E-state index contributed by atoms with van der Waals surface area (Å²) in [4.78, 5) is 10.1. The Bertz CT molecular complexity index is 391. The van der Waals surface area contributed by atoms with Crippen LogP contribution < -0.4 is 10.6 Å². The normalized spacial score (nSPS) is 19.4. The third-order valence-electron chi connectivity index (χ3n) is 3.32. The van der Waals surface area contributed by atoms with Crippen molar-refractivity contribution < 1.29 is 5.11 Å². The average Bonchev–Trinajstić information content (AvgIpc) is 2.33. The molecule has 1 unspecified atom stereocenters. The predicted octanol–water partition coefficient (Wildman–Crippen LogP) is 1.31. The van der Waals surface area contributed by atoms with Gasteiger partial charge >= 0.3 is 0 Å².